The van der Waals surface area contributed by atoms with Gasteiger partial charge in [-0.2, -0.15) is 0 Å². The molecule has 0 fully saturated rings. The molecule has 3 rings (SSSR count). The van der Waals surface area contributed by atoms with Gasteiger partial charge in [0, 0.05) is 15.7 Å². The molecule has 0 aliphatic carbocycles. The maximum Gasteiger partial charge on any atom is 0.265 e. The Kier molecular flexibility index (Phi) is 7.66. The van der Waals surface area contributed by atoms with Crippen molar-refractivity contribution in [3.05, 3.63) is 82.3 Å². The summed E-state index contributed by atoms with van der Waals surface area (Å²) in [4.78, 5) is 12.6. The van der Waals surface area contributed by atoms with Crippen molar-refractivity contribution >= 4 is 50.5 Å². The van der Waals surface area contributed by atoms with Crippen LogP contribution in [0.1, 0.15) is 18.9 Å². The number of halogens is 2. The van der Waals surface area contributed by atoms with E-state index in [0.717, 1.165) is 5.56 Å². The third-order valence-corrected chi connectivity index (χ3v) is 6.34. The summed E-state index contributed by atoms with van der Waals surface area (Å²) in [5.74, 6) is 0.279. The Bertz CT molecular complexity index is 1180. The van der Waals surface area contributed by atoms with E-state index in [1.165, 1.54) is 42.5 Å². The smallest absolute Gasteiger partial charge is 0.265 e. The highest BCUT2D eigenvalue weighted by Gasteiger charge is 2.19. The molecule has 0 aromatic heterocycles. The molecule has 168 valence electrons. The molecule has 0 spiro atoms. The van der Waals surface area contributed by atoms with E-state index in [0.29, 0.717) is 27.9 Å². The normalized spacial score (nSPS) is 12.1. The second-order valence-electron chi connectivity index (χ2n) is 7.11. The van der Waals surface area contributed by atoms with Crippen LogP contribution in [0.25, 0.3) is 0 Å². The maximum absolute atomic E-state index is 12.6. The molecule has 3 aromatic rings. The Hall–Kier alpha value is -2.74. The number of hydrogen-bond donors (Lipinski definition) is 2. The molecule has 9 heteroatoms. The molecule has 0 saturated heterocycles. The van der Waals surface area contributed by atoms with Crippen LogP contribution in [-0.4, -0.2) is 20.4 Å². The fourth-order valence-electron chi connectivity index (χ4n) is 2.87. The third-order valence-electron chi connectivity index (χ3n) is 4.51. The minimum absolute atomic E-state index is 0.0227. The van der Waals surface area contributed by atoms with Crippen LogP contribution in [0, 0.1) is 6.92 Å². The number of carbonyl (C=O) groups excluding carboxylic acids is 1. The first-order valence-electron chi connectivity index (χ1n) is 9.79. The molecule has 0 radical (unpaired) electrons. The molecule has 0 heterocycles. The summed E-state index contributed by atoms with van der Waals surface area (Å²) in [7, 11) is -3.86. The highest BCUT2D eigenvalue weighted by atomic mass is 35.5. The van der Waals surface area contributed by atoms with Gasteiger partial charge >= 0.3 is 0 Å². The van der Waals surface area contributed by atoms with Gasteiger partial charge in [-0.25, -0.2) is 8.42 Å². The Morgan fingerprint density at radius 1 is 0.938 bits per heavy atom. The first kappa shape index (κ1) is 23.9. The van der Waals surface area contributed by atoms with Gasteiger partial charge in [-0.1, -0.05) is 47.8 Å². The second-order valence-corrected chi connectivity index (χ2v) is 9.66. The zero-order valence-electron chi connectivity index (χ0n) is 17.4. The summed E-state index contributed by atoms with van der Waals surface area (Å²) in [6, 6.07) is 17.7. The topological polar surface area (TPSA) is 84.5 Å². The highest BCUT2D eigenvalue weighted by Crippen LogP contribution is 2.25. The SMILES string of the molecule is CC[C@H](Oc1ccc(C)cc1)C(=O)Nc1ccc(S(=O)(=O)Nc2cc(Cl)cc(Cl)c2)cc1. The van der Waals surface area contributed by atoms with Crippen molar-refractivity contribution in [2.45, 2.75) is 31.3 Å². The van der Waals surface area contributed by atoms with Crippen molar-refractivity contribution in [3.8, 4) is 5.75 Å². The number of rotatable bonds is 8. The van der Waals surface area contributed by atoms with Crippen molar-refractivity contribution in [1.82, 2.24) is 0 Å². The number of amides is 1. The quantitative estimate of drug-likeness (QED) is 0.409. The molecule has 32 heavy (non-hydrogen) atoms. The van der Waals surface area contributed by atoms with E-state index in [1.54, 1.807) is 0 Å². The van der Waals surface area contributed by atoms with E-state index in [2.05, 4.69) is 10.0 Å². The van der Waals surface area contributed by atoms with E-state index in [9.17, 15) is 13.2 Å². The number of hydrogen-bond acceptors (Lipinski definition) is 4. The van der Waals surface area contributed by atoms with Crippen molar-refractivity contribution in [2.75, 3.05) is 10.0 Å². The van der Waals surface area contributed by atoms with E-state index >= 15 is 0 Å². The Morgan fingerprint density at radius 2 is 1.53 bits per heavy atom. The largest absolute Gasteiger partial charge is 0.481 e. The molecule has 0 bridgehead atoms. The van der Waals surface area contributed by atoms with Crippen LogP contribution in [0.3, 0.4) is 0 Å². The number of anilines is 2. The van der Waals surface area contributed by atoms with E-state index in [4.69, 9.17) is 27.9 Å². The van der Waals surface area contributed by atoms with Crippen LogP contribution < -0.4 is 14.8 Å². The standard InChI is InChI=1S/C23H22Cl2N2O4S/c1-3-22(31-20-8-4-15(2)5-9-20)23(28)26-18-6-10-21(11-7-18)32(29,30)27-19-13-16(24)12-17(25)14-19/h4-14,22,27H,3H2,1-2H3,(H,26,28)/t22-/m0/s1. The molecule has 0 unspecified atom stereocenters. The monoisotopic (exact) mass is 492 g/mol. The van der Waals surface area contributed by atoms with Crippen molar-refractivity contribution < 1.29 is 17.9 Å². The molecule has 0 aliphatic rings. The summed E-state index contributed by atoms with van der Waals surface area (Å²) in [5, 5.41) is 3.38. The lowest BCUT2D eigenvalue weighted by molar-refractivity contribution is -0.122. The summed E-state index contributed by atoms with van der Waals surface area (Å²) >= 11 is 11.8. The third kappa shape index (κ3) is 6.38. The van der Waals surface area contributed by atoms with Gasteiger partial charge in [-0.05, 0) is 67.9 Å². The fraction of sp³-hybridized carbons (Fsp3) is 0.174. The van der Waals surface area contributed by atoms with Gasteiger partial charge in [-0.15, -0.1) is 0 Å². The van der Waals surface area contributed by atoms with Crippen LogP contribution >= 0.6 is 23.2 Å². The molecular formula is C23H22Cl2N2O4S. The van der Waals surface area contributed by atoms with Gasteiger partial charge < -0.3 is 10.1 Å². The average Bonchev–Trinajstić information content (AvgIpc) is 2.72. The Labute approximate surface area is 197 Å². The highest BCUT2D eigenvalue weighted by molar-refractivity contribution is 7.92. The lowest BCUT2D eigenvalue weighted by Crippen LogP contribution is -2.32. The molecule has 0 saturated carbocycles. The van der Waals surface area contributed by atoms with Gasteiger partial charge in [0.05, 0.1) is 10.6 Å². The summed E-state index contributed by atoms with van der Waals surface area (Å²) in [6.07, 6.45) is -0.214. The first-order chi connectivity index (χ1) is 15.2. The number of aryl methyl sites for hydroxylation is 1. The maximum atomic E-state index is 12.6. The van der Waals surface area contributed by atoms with E-state index < -0.39 is 16.1 Å². The predicted molar refractivity (Wildman–Crippen MR) is 128 cm³/mol. The van der Waals surface area contributed by atoms with Gasteiger partial charge in [0.2, 0.25) is 0 Å². The number of nitrogens with one attached hydrogen (secondary N) is 2. The van der Waals surface area contributed by atoms with Crippen molar-refractivity contribution in [1.29, 1.82) is 0 Å². The lowest BCUT2D eigenvalue weighted by Gasteiger charge is -2.17. The second kappa shape index (κ2) is 10.3. The number of carbonyl (C=O) groups is 1. The summed E-state index contributed by atoms with van der Waals surface area (Å²) in [5.41, 5.74) is 1.79. The number of ether oxygens (including phenoxy) is 1. The molecular weight excluding hydrogens is 471 g/mol. The molecule has 3 aromatic carbocycles. The molecule has 1 atom stereocenters. The molecule has 6 nitrogen and oxygen atoms in total. The van der Waals surface area contributed by atoms with Crippen LogP contribution in [0.4, 0.5) is 11.4 Å². The zero-order chi connectivity index (χ0) is 23.3. The Balaban J connectivity index is 1.67. The van der Waals surface area contributed by atoms with Gasteiger partial charge in [0.15, 0.2) is 6.10 Å². The fourth-order valence-corrected chi connectivity index (χ4v) is 4.44. The predicted octanol–water partition coefficient (Wildman–Crippen LogP) is 5.90. The lowest BCUT2D eigenvalue weighted by atomic mass is 10.2. The average molecular weight is 493 g/mol. The van der Waals surface area contributed by atoms with Gasteiger partial charge in [0.1, 0.15) is 5.75 Å². The van der Waals surface area contributed by atoms with Crippen LogP contribution in [0.15, 0.2) is 71.6 Å². The van der Waals surface area contributed by atoms with Crippen LogP contribution in [0.2, 0.25) is 10.0 Å². The van der Waals surface area contributed by atoms with Crippen LogP contribution in [-0.2, 0) is 14.8 Å². The summed E-state index contributed by atoms with van der Waals surface area (Å²) < 4.78 is 33.5. The van der Waals surface area contributed by atoms with Crippen molar-refractivity contribution in [3.63, 3.8) is 0 Å². The molecule has 1 amide bonds. The van der Waals surface area contributed by atoms with Crippen LogP contribution in [0.5, 0.6) is 5.75 Å². The number of benzene rings is 3. The van der Waals surface area contributed by atoms with Gasteiger partial charge in [0.25, 0.3) is 15.9 Å². The van der Waals surface area contributed by atoms with Crippen molar-refractivity contribution in [2.24, 2.45) is 0 Å². The van der Waals surface area contributed by atoms with Gasteiger partial charge in [-0.3, -0.25) is 9.52 Å². The zero-order valence-corrected chi connectivity index (χ0v) is 19.8. The molecule has 0 aliphatic heterocycles. The molecule has 2 N–H and O–H groups in total. The summed E-state index contributed by atoms with van der Waals surface area (Å²) in [6.45, 7) is 3.82. The van der Waals surface area contributed by atoms with E-state index in [1.807, 2.05) is 38.1 Å². The Morgan fingerprint density at radius 3 is 2.09 bits per heavy atom. The minimum atomic E-state index is -3.86. The minimum Gasteiger partial charge on any atom is -0.481 e. The number of sulfonamides is 1. The first-order valence-corrected chi connectivity index (χ1v) is 12.0. The van der Waals surface area contributed by atoms with E-state index in [-0.39, 0.29) is 16.5 Å².